The van der Waals surface area contributed by atoms with Crippen molar-refractivity contribution in [2.24, 2.45) is 0 Å². The number of fused-ring (bicyclic) bond motifs is 3. The number of esters is 1. The average molecular weight is 371 g/mol. The number of para-hydroxylation sites is 1. The molecule has 3 rings (SSSR count). The molecule has 8 heteroatoms. The van der Waals surface area contributed by atoms with Crippen molar-refractivity contribution in [1.29, 1.82) is 0 Å². The van der Waals surface area contributed by atoms with Crippen molar-refractivity contribution in [3.63, 3.8) is 0 Å². The van der Waals surface area contributed by atoms with E-state index in [9.17, 15) is 14.4 Å². The number of hydrogen-bond donors (Lipinski definition) is 1. The fourth-order valence-electron chi connectivity index (χ4n) is 2.63. The zero-order valence-electron chi connectivity index (χ0n) is 15.6. The lowest BCUT2D eigenvalue weighted by Crippen LogP contribution is -2.46. The molecule has 2 aromatic heterocycles. The Labute approximate surface area is 155 Å². The maximum absolute atomic E-state index is 12.6. The van der Waals surface area contributed by atoms with E-state index in [1.165, 1.54) is 13.3 Å². The number of benzene rings is 1. The maximum atomic E-state index is 12.6. The summed E-state index contributed by atoms with van der Waals surface area (Å²) in [5.74, 6) is -1.13. The highest BCUT2D eigenvalue weighted by molar-refractivity contribution is 6.01. The highest BCUT2D eigenvalue weighted by atomic mass is 16.5. The molecule has 8 nitrogen and oxygen atoms in total. The van der Waals surface area contributed by atoms with E-state index in [-0.39, 0.29) is 12.1 Å². The van der Waals surface area contributed by atoms with Gasteiger partial charge >= 0.3 is 5.97 Å². The third-order valence-electron chi connectivity index (χ3n) is 3.83. The maximum Gasteiger partial charge on any atom is 0.326 e. The van der Waals surface area contributed by atoms with Crippen molar-refractivity contribution >= 4 is 33.9 Å². The quantitative estimate of drug-likeness (QED) is 0.704. The van der Waals surface area contributed by atoms with Gasteiger partial charge in [0, 0.05) is 10.9 Å². The predicted molar refractivity (Wildman–Crippen MR) is 99.2 cm³/mol. The van der Waals surface area contributed by atoms with Gasteiger partial charge in [-0.3, -0.25) is 19.0 Å². The average Bonchev–Trinajstić information content (AvgIpc) is 2.95. The Hall–Kier alpha value is -3.16. The van der Waals surface area contributed by atoms with Crippen LogP contribution in [0.15, 0.2) is 39.8 Å². The van der Waals surface area contributed by atoms with E-state index in [1.807, 2.05) is 32.9 Å². The van der Waals surface area contributed by atoms with Gasteiger partial charge in [-0.05, 0) is 39.8 Å². The number of furan rings is 1. The summed E-state index contributed by atoms with van der Waals surface area (Å²) >= 11 is 0. The van der Waals surface area contributed by atoms with Crippen molar-refractivity contribution in [2.45, 2.75) is 45.9 Å². The molecule has 0 aliphatic heterocycles. The Morgan fingerprint density at radius 1 is 1.30 bits per heavy atom. The van der Waals surface area contributed by atoms with Crippen LogP contribution in [0.4, 0.5) is 0 Å². The number of ether oxygens (including phenoxy) is 1. The summed E-state index contributed by atoms with van der Waals surface area (Å²) < 4.78 is 11.8. The summed E-state index contributed by atoms with van der Waals surface area (Å²) in [4.78, 5) is 40.9. The standard InChI is InChI=1S/C19H21N3O5/c1-11(17(24)21-19(2,3)4)26-14(23)9-22-10-20-15-12-7-5-6-8-13(12)27-16(15)18(22)25/h5-8,10-11H,9H2,1-4H3,(H,21,24). The molecular weight excluding hydrogens is 350 g/mol. The third-order valence-corrected chi connectivity index (χ3v) is 3.83. The molecule has 1 atom stereocenters. The van der Waals surface area contributed by atoms with E-state index in [4.69, 9.17) is 9.15 Å². The van der Waals surface area contributed by atoms with Gasteiger partial charge < -0.3 is 14.5 Å². The van der Waals surface area contributed by atoms with E-state index < -0.39 is 29.1 Å². The topological polar surface area (TPSA) is 103 Å². The van der Waals surface area contributed by atoms with Crippen LogP contribution in [0.1, 0.15) is 27.7 Å². The number of amides is 1. The van der Waals surface area contributed by atoms with Crippen LogP contribution < -0.4 is 10.9 Å². The molecule has 0 radical (unpaired) electrons. The van der Waals surface area contributed by atoms with E-state index >= 15 is 0 Å². The Kier molecular flexibility index (Phi) is 4.73. The second-order valence-corrected chi connectivity index (χ2v) is 7.32. The number of carbonyl (C=O) groups excluding carboxylic acids is 2. The molecule has 2 heterocycles. The molecule has 1 unspecified atom stereocenters. The van der Waals surface area contributed by atoms with Crippen LogP contribution in [-0.4, -0.2) is 33.1 Å². The van der Waals surface area contributed by atoms with Gasteiger partial charge in [0.25, 0.3) is 11.5 Å². The lowest BCUT2D eigenvalue weighted by atomic mass is 10.1. The van der Waals surface area contributed by atoms with E-state index in [1.54, 1.807) is 12.1 Å². The van der Waals surface area contributed by atoms with Gasteiger partial charge in [0.05, 0.1) is 6.33 Å². The van der Waals surface area contributed by atoms with Gasteiger partial charge in [-0.15, -0.1) is 0 Å². The Balaban J connectivity index is 1.77. The van der Waals surface area contributed by atoms with Gasteiger partial charge in [-0.1, -0.05) is 12.1 Å². The van der Waals surface area contributed by atoms with E-state index in [0.29, 0.717) is 11.1 Å². The second-order valence-electron chi connectivity index (χ2n) is 7.32. The molecule has 1 amide bonds. The molecule has 0 aliphatic carbocycles. The highest BCUT2D eigenvalue weighted by Gasteiger charge is 2.23. The first-order valence-corrected chi connectivity index (χ1v) is 8.54. The normalized spacial score (nSPS) is 12.9. The number of nitrogens with one attached hydrogen (secondary N) is 1. The van der Waals surface area contributed by atoms with E-state index in [0.717, 1.165) is 9.95 Å². The predicted octanol–water partition coefficient (Wildman–Crippen LogP) is 1.99. The lowest BCUT2D eigenvalue weighted by molar-refractivity contribution is -0.156. The number of carbonyl (C=O) groups is 2. The largest absolute Gasteiger partial charge is 0.451 e. The summed E-state index contributed by atoms with van der Waals surface area (Å²) in [6.45, 7) is 6.59. The first-order valence-electron chi connectivity index (χ1n) is 8.54. The Morgan fingerprint density at radius 2 is 2.00 bits per heavy atom. The highest BCUT2D eigenvalue weighted by Crippen LogP contribution is 2.23. The number of rotatable bonds is 4. The SMILES string of the molecule is CC(OC(=O)Cn1cnc2c(oc3ccccc32)c1=O)C(=O)NC(C)(C)C. The van der Waals surface area contributed by atoms with Crippen LogP contribution in [0.5, 0.6) is 0 Å². The van der Waals surface area contributed by atoms with Crippen molar-refractivity contribution in [3.8, 4) is 0 Å². The first-order chi connectivity index (χ1) is 12.7. The second kappa shape index (κ2) is 6.86. The molecule has 0 fully saturated rings. The summed E-state index contributed by atoms with van der Waals surface area (Å²) in [5, 5.41) is 3.46. The fourth-order valence-corrected chi connectivity index (χ4v) is 2.63. The molecule has 3 aromatic rings. The van der Waals surface area contributed by atoms with Crippen molar-refractivity contribution in [3.05, 3.63) is 40.9 Å². The fraction of sp³-hybridized carbons (Fsp3) is 0.368. The Morgan fingerprint density at radius 3 is 2.70 bits per heavy atom. The van der Waals surface area contributed by atoms with Crippen molar-refractivity contribution < 1.29 is 18.7 Å². The van der Waals surface area contributed by atoms with Crippen LogP contribution in [0.3, 0.4) is 0 Å². The molecule has 0 spiro atoms. The molecule has 0 bridgehead atoms. The monoisotopic (exact) mass is 371 g/mol. The van der Waals surface area contributed by atoms with Crippen LogP contribution >= 0.6 is 0 Å². The summed E-state index contributed by atoms with van der Waals surface area (Å²) in [6.07, 6.45) is 0.295. The van der Waals surface area contributed by atoms with Crippen molar-refractivity contribution in [2.75, 3.05) is 0 Å². The molecule has 0 saturated carbocycles. The molecule has 1 aromatic carbocycles. The summed E-state index contributed by atoms with van der Waals surface area (Å²) in [5.41, 5.74) is 0.137. The minimum absolute atomic E-state index is 0.0741. The molecule has 1 N–H and O–H groups in total. The Bertz CT molecular complexity index is 1070. The molecule has 142 valence electrons. The molecule has 27 heavy (non-hydrogen) atoms. The third kappa shape index (κ3) is 3.99. The number of aromatic nitrogens is 2. The van der Waals surface area contributed by atoms with Crippen LogP contribution in [-0.2, 0) is 20.9 Å². The number of nitrogens with zero attached hydrogens (tertiary/aromatic N) is 2. The molecular formula is C19H21N3O5. The number of hydrogen-bond acceptors (Lipinski definition) is 6. The van der Waals surface area contributed by atoms with Gasteiger partial charge in [0.2, 0.25) is 5.58 Å². The molecule has 0 saturated heterocycles. The minimum atomic E-state index is -0.977. The van der Waals surface area contributed by atoms with Gasteiger partial charge in [0.1, 0.15) is 17.6 Å². The first kappa shape index (κ1) is 18.6. The van der Waals surface area contributed by atoms with Crippen LogP contribution in [0, 0.1) is 0 Å². The lowest BCUT2D eigenvalue weighted by Gasteiger charge is -2.23. The van der Waals surface area contributed by atoms with Gasteiger partial charge in [-0.25, -0.2) is 4.98 Å². The van der Waals surface area contributed by atoms with Gasteiger partial charge in [0.15, 0.2) is 6.10 Å². The van der Waals surface area contributed by atoms with E-state index in [2.05, 4.69) is 10.3 Å². The van der Waals surface area contributed by atoms with Gasteiger partial charge in [-0.2, -0.15) is 0 Å². The van der Waals surface area contributed by atoms with Crippen LogP contribution in [0.25, 0.3) is 22.1 Å². The summed E-state index contributed by atoms with van der Waals surface area (Å²) in [7, 11) is 0. The zero-order chi connectivity index (χ0) is 19.8. The molecule has 0 aliphatic rings. The smallest absolute Gasteiger partial charge is 0.326 e. The van der Waals surface area contributed by atoms with Crippen molar-refractivity contribution in [1.82, 2.24) is 14.9 Å². The van der Waals surface area contributed by atoms with Crippen LogP contribution in [0.2, 0.25) is 0 Å². The summed E-state index contributed by atoms with van der Waals surface area (Å²) in [6, 6.07) is 7.17. The minimum Gasteiger partial charge on any atom is -0.451 e. The zero-order valence-corrected chi connectivity index (χ0v) is 15.6.